The van der Waals surface area contributed by atoms with E-state index in [9.17, 15) is 24.1 Å². The maximum Gasteiger partial charge on any atom is 0.269 e. The van der Waals surface area contributed by atoms with Crippen LogP contribution in [0.4, 0.5) is 10.1 Å². The first-order valence-electron chi connectivity index (χ1n) is 11.6. The number of aromatic amines is 1. The van der Waals surface area contributed by atoms with Gasteiger partial charge in [0.15, 0.2) is 0 Å². The summed E-state index contributed by atoms with van der Waals surface area (Å²) in [6, 6.07) is 18.4. The Bertz CT molecular complexity index is 1530. The number of hydrogen-bond donors (Lipinski definition) is 1. The van der Waals surface area contributed by atoms with Gasteiger partial charge in [-0.1, -0.05) is 42.5 Å². The van der Waals surface area contributed by atoms with Crippen molar-refractivity contribution in [3.8, 4) is 0 Å². The fraction of sp³-hybridized carbons (Fsp3) is 0.185. The van der Waals surface area contributed by atoms with Crippen LogP contribution in [0.2, 0.25) is 0 Å². The van der Waals surface area contributed by atoms with Gasteiger partial charge < -0.3 is 14.8 Å². The number of non-ortho nitro benzene ring substituents is 1. The van der Waals surface area contributed by atoms with E-state index < -0.39 is 17.0 Å². The average Bonchev–Trinajstić information content (AvgIpc) is 3.25. The van der Waals surface area contributed by atoms with E-state index in [1.54, 1.807) is 29.2 Å². The Morgan fingerprint density at radius 1 is 1.03 bits per heavy atom. The van der Waals surface area contributed by atoms with E-state index in [1.807, 2.05) is 24.3 Å². The van der Waals surface area contributed by atoms with Crippen LogP contribution in [0.15, 0.2) is 72.8 Å². The number of nitrogens with one attached hydrogen (secondary N) is 1. The Morgan fingerprint density at radius 3 is 2.58 bits per heavy atom. The van der Waals surface area contributed by atoms with Gasteiger partial charge in [-0.25, -0.2) is 4.39 Å². The third-order valence-corrected chi connectivity index (χ3v) is 7.03. The first kappa shape index (κ1) is 22.0. The molecule has 6 rings (SSSR count). The Labute approximate surface area is 205 Å². The van der Waals surface area contributed by atoms with Crippen molar-refractivity contribution in [2.45, 2.75) is 25.0 Å². The lowest BCUT2D eigenvalue weighted by Gasteiger charge is -2.47. The second-order valence-electron chi connectivity index (χ2n) is 9.16. The van der Waals surface area contributed by atoms with Crippen molar-refractivity contribution in [1.29, 1.82) is 0 Å². The van der Waals surface area contributed by atoms with Gasteiger partial charge in [0.1, 0.15) is 18.4 Å². The van der Waals surface area contributed by atoms with Crippen LogP contribution in [0, 0.1) is 15.9 Å². The molecule has 0 radical (unpaired) electrons. The number of nitrogens with zero attached hydrogens (tertiary/aromatic N) is 3. The van der Waals surface area contributed by atoms with Crippen LogP contribution in [0.25, 0.3) is 10.9 Å². The number of halogens is 1. The number of para-hydroxylation sites is 1. The molecule has 8 nitrogen and oxygen atoms in total. The molecular weight excluding hydrogens is 463 g/mol. The molecule has 1 fully saturated rings. The number of nitro benzene ring substituents is 1. The van der Waals surface area contributed by atoms with Gasteiger partial charge in [-0.05, 0) is 34.9 Å². The van der Waals surface area contributed by atoms with Crippen LogP contribution in [0.3, 0.4) is 0 Å². The number of benzene rings is 3. The van der Waals surface area contributed by atoms with E-state index in [2.05, 4.69) is 4.98 Å². The summed E-state index contributed by atoms with van der Waals surface area (Å²) >= 11 is 0. The fourth-order valence-electron chi connectivity index (χ4n) is 5.42. The van der Waals surface area contributed by atoms with E-state index in [1.165, 1.54) is 29.2 Å². The molecule has 2 atom stereocenters. The molecule has 1 aromatic heterocycles. The summed E-state index contributed by atoms with van der Waals surface area (Å²) in [5.41, 5.74) is 3.77. The van der Waals surface area contributed by atoms with Crippen molar-refractivity contribution in [3.05, 3.63) is 111 Å². The van der Waals surface area contributed by atoms with Crippen molar-refractivity contribution in [2.24, 2.45) is 0 Å². The molecule has 3 aromatic carbocycles. The Morgan fingerprint density at radius 2 is 1.81 bits per heavy atom. The molecule has 9 heteroatoms. The number of rotatable bonds is 4. The van der Waals surface area contributed by atoms with Gasteiger partial charge in [-0.3, -0.25) is 19.7 Å². The van der Waals surface area contributed by atoms with E-state index in [4.69, 9.17) is 0 Å². The van der Waals surface area contributed by atoms with Crippen molar-refractivity contribution in [1.82, 2.24) is 14.8 Å². The molecule has 0 spiro atoms. The minimum absolute atomic E-state index is 0.0824. The largest absolute Gasteiger partial charge is 0.356 e. The zero-order valence-electron chi connectivity index (χ0n) is 19.1. The van der Waals surface area contributed by atoms with Gasteiger partial charge in [0.25, 0.3) is 5.69 Å². The van der Waals surface area contributed by atoms with E-state index >= 15 is 0 Å². The third-order valence-electron chi connectivity index (χ3n) is 7.03. The SMILES string of the molecule is O=C1[C@@H]2Cc3c([nH]c4ccccc34)[C@@H](c3cccc([N+](=O)[O-])c3)N2C(=O)CN1Cc1ccc(F)cc1. The number of H-pyrrole nitrogens is 1. The monoisotopic (exact) mass is 484 g/mol. The highest BCUT2D eigenvalue weighted by atomic mass is 19.1. The van der Waals surface area contributed by atoms with Crippen molar-refractivity contribution >= 4 is 28.4 Å². The van der Waals surface area contributed by atoms with E-state index in [-0.39, 0.29) is 36.4 Å². The van der Waals surface area contributed by atoms with E-state index in [0.717, 1.165) is 27.7 Å². The second kappa shape index (κ2) is 8.30. The number of fused-ring (bicyclic) bond motifs is 4. The normalized spacial score (nSPS) is 19.4. The lowest BCUT2D eigenvalue weighted by Crippen LogP contribution is -2.62. The highest BCUT2D eigenvalue weighted by Crippen LogP contribution is 2.43. The zero-order chi connectivity index (χ0) is 25.0. The molecule has 4 aromatic rings. The van der Waals surface area contributed by atoms with Crippen molar-refractivity contribution in [3.63, 3.8) is 0 Å². The molecule has 1 N–H and O–H groups in total. The van der Waals surface area contributed by atoms with Crippen molar-refractivity contribution < 1.29 is 18.9 Å². The van der Waals surface area contributed by atoms with Crippen LogP contribution in [-0.2, 0) is 22.6 Å². The maximum absolute atomic E-state index is 13.7. The molecule has 3 heterocycles. The molecule has 2 aliphatic heterocycles. The summed E-state index contributed by atoms with van der Waals surface area (Å²) in [7, 11) is 0. The van der Waals surface area contributed by atoms with Gasteiger partial charge in [0.05, 0.1) is 11.0 Å². The first-order chi connectivity index (χ1) is 17.4. The fourth-order valence-corrected chi connectivity index (χ4v) is 5.42. The number of carbonyl (C=O) groups is 2. The standard InChI is InChI=1S/C27H21FN4O4/c28-18-10-8-16(9-11-18)14-30-15-24(33)31-23(27(30)34)13-21-20-6-1-2-7-22(20)29-25(21)26(31)17-4-3-5-19(12-17)32(35)36/h1-12,23,26,29H,13-15H2/t23-,26+/m0/s1. The number of nitro groups is 1. The second-order valence-corrected chi connectivity index (χ2v) is 9.16. The summed E-state index contributed by atoms with van der Waals surface area (Å²) in [6.07, 6.45) is 0.329. The molecule has 0 unspecified atom stereocenters. The highest BCUT2D eigenvalue weighted by Gasteiger charge is 2.48. The summed E-state index contributed by atoms with van der Waals surface area (Å²) < 4.78 is 13.4. The van der Waals surface area contributed by atoms with Crippen LogP contribution < -0.4 is 0 Å². The number of aromatic nitrogens is 1. The van der Waals surface area contributed by atoms with Crippen LogP contribution in [-0.4, -0.2) is 44.1 Å². The molecule has 36 heavy (non-hydrogen) atoms. The summed E-state index contributed by atoms with van der Waals surface area (Å²) in [5, 5.41) is 12.4. The smallest absolute Gasteiger partial charge is 0.269 e. The van der Waals surface area contributed by atoms with Crippen molar-refractivity contribution in [2.75, 3.05) is 6.54 Å². The molecule has 180 valence electrons. The third kappa shape index (κ3) is 3.51. The molecule has 1 saturated heterocycles. The van der Waals surface area contributed by atoms with Gasteiger partial charge in [-0.2, -0.15) is 0 Å². The molecular formula is C27H21FN4O4. The molecule has 0 saturated carbocycles. The molecule has 2 amide bonds. The predicted molar refractivity (Wildman–Crippen MR) is 129 cm³/mol. The summed E-state index contributed by atoms with van der Waals surface area (Å²) in [6.45, 7) is 0.0606. The molecule has 0 aliphatic carbocycles. The maximum atomic E-state index is 13.7. The minimum Gasteiger partial charge on any atom is -0.356 e. The number of hydrogen-bond acceptors (Lipinski definition) is 4. The Kier molecular flexibility index (Phi) is 5.06. The van der Waals surface area contributed by atoms with Crippen LogP contribution >= 0.6 is 0 Å². The highest BCUT2D eigenvalue weighted by molar-refractivity contribution is 5.97. The summed E-state index contributed by atoms with van der Waals surface area (Å²) in [5.74, 6) is -0.822. The predicted octanol–water partition coefficient (Wildman–Crippen LogP) is 4.10. The molecule has 2 aliphatic rings. The number of piperazine rings is 1. The zero-order valence-corrected chi connectivity index (χ0v) is 19.1. The van der Waals surface area contributed by atoms with Crippen LogP contribution in [0.5, 0.6) is 0 Å². The number of carbonyl (C=O) groups excluding carboxylic acids is 2. The molecule has 0 bridgehead atoms. The topological polar surface area (TPSA) is 99.5 Å². The lowest BCUT2D eigenvalue weighted by atomic mass is 9.86. The van der Waals surface area contributed by atoms with E-state index in [0.29, 0.717) is 12.0 Å². The first-order valence-corrected chi connectivity index (χ1v) is 11.6. The van der Waals surface area contributed by atoms with Gasteiger partial charge in [0, 0.05) is 41.7 Å². The number of amides is 2. The quantitative estimate of drug-likeness (QED) is 0.348. The summed E-state index contributed by atoms with van der Waals surface area (Å²) in [4.78, 5) is 44.8. The average molecular weight is 484 g/mol. The van der Waals surface area contributed by atoms with Crippen LogP contribution in [0.1, 0.15) is 28.4 Å². The minimum atomic E-state index is -0.761. The Balaban J connectivity index is 1.46. The van der Waals surface area contributed by atoms with Gasteiger partial charge in [0.2, 0.25) is 11.8 Å². The Hall–Kier alpha value is -4.53. The lowest BCUT2D eigenvalue weighted by molar-refractivity contribution is -0.384. The van der Waals surface area contributed by atoms with Gasteiger partial charge in [-0.15, -0.1) is 0 Å². The van der Waals surface area contributed by atoms with Gasteiger partial charge >= 0.3 is 0 Å².